The summed E-state index contributed by atoms with van der Waals surface area (Å²) in [6.45, 7) is 2.16. The number of aromatic amines is 1. The Morgan fingerprint density at radius 1 is 1.22 bits per heavy atom. The average Bonchev–Trinajstić information content (AvgIpc) is 3.18. The van der Waals surface area contributed by atoms with Crippen LogP contribution in [-0.4, -0.2) is 28.1 Å². The minimum atomic E-state index is -0.105. The number of carbonyl (C=O) groups excluding carboxylic acids is 2. The first-order valence-electron chi connectivity index (χ1n) is 7.42. The topological polar surface area (TPSA) is 53.2 Å². The van der Waals surface area contributed by atoms with Crippen molar-refractivity contribution in [2.24, 2.45) is 0 Å². The first kappa shape index (κ1) is 16.1. The third kappa shape index (κ3) is 3.14. The van der Waals surface area contributed by atoms with Gasteiger partial charge in [0, 0.05) is 18.3 Å². The number of nitrogens with zero attached hydrogens (tertiary/aromatic N) is 1. The summed E-state index contributed by atoms with van der Waals surface area (Å²) in [5.74, 6) is -0.172. The predicted octanol–water partition coefficient (Wildman–Crippen LogP) is 4.50. The lowest BCUT2D eigenvalue weighted by molar-refractivity contribution is 0.0730. The second kappa shape index (κ2) is 6.38. The molecule has 6 heteroatoms. The molecule has 120 valence electrons. The summed E-state index contributed by atoms with van der Waals surface area (Å²) in [7, 11) is 0. The molecule has 0 saturated carbocycles. The summed E-state index contributed by atoms with van der Waals surface area (Å²) in [6, 6.07) is 7.05. The molecule has 1 aromatic heterocycles. The molecule has 0 aliphatic carbocycles. The predicted molar refractivity (Wildman–Crippen MR) is 90.3 cm³/mol. The molecule has 1 N–H and O–H groups in total. The number of nitrogens with one attached hydrogen (secondary N) is 1. The molecule has 2 aromatic rings. The highest BCUT2D eigenvalue weighted by molar-refractivity contribution is 6.42. The van der Waals surface area contributed by atoms with E-state index in [1.54, 1.807) is 18.3 Å². The Morgan fingerprint density at radius 2 is 2.00 bits per heavy atom. The zero-order chi connectivity index (χ0) is 16.6. The number of rotatable bonds is 3. The van der Waals surface area contributed by atoms with Gasteiger partial charge in [0.25, 0.3) is 5.91 Å². The summed E-state index contributed by atoms with van der Waals surface area (Å²) in [5.41, 5.74) is 1.92. The maximum atomic E-state index is 12.7. The smallest absolute Gasteiger partial charge is 0.270 e. The minimum absolute atomic E-state index is 0.0265. The van der Waals surface area contributed by atoms with E-state index >= 15 is 0 Å². The molecule has 2 heterocycles. The Hall–Kier alpha value is -1.78. The van der Waals surface area contributed by atoms with E-state index in [0.717, 1.165) is 18.4 Å². The zero-order valence-electron chi connectivity index (χ0n) is 12.6. The fourth-order valence-corrected chi connectivity index (χ4v) is 3.26. The summed E-state index contributed by atoms with van der Waals surface area (Å²) in [4.78, 5) is 28.8. The first-order chi connectivity index (χ1) is 11.0. The number of likely N-dealkylation sites (tertiary alicyclic amines) is 1. The van der Waals surface area contributed by atoms with Crippen molar-refractivity contribution in [3.05, 3.63) is 57.3 Å². The molecule has 4 nitrogen and oxygen atoms in total. The van der Waals surface area contributed by atoms with E-state index in [-0.39, 0.29) is 17.7 Å². The van der Waals surface area contributed by atoms with Gasteiger partial charge in [-0.05, 0) is 43.5 Å². The van der Waals surface area contributed by atoms with E-state index in [4.69, 9.17) is 23.2 Å². The van der Waals surface area contributed by atoms with Crippen LogP contribution in [0.25, 0.3) is 0 Å². The summed E-state index contributed by atoms with van der Waals surface area (Å²) >= 11 is 12.1. The number of ketones is 1. The van der Waals surface area contributed by atoms with Gasteiger partial charge in [-0.25, -0.2) is 0 Å². The molecule has 1 saturated heterocycles. The number of benzene rings is 1. The van der Waals surface area contributed by atoms with Crippen molar-refractivity contribution < 1.29 is 9.59 Å². The zero-order valence-corrected chi connectivity index (χ0v) is 14.1. The van der Waals surface area contributed by atoms with E-state index in [2.05, 4.69) is 4.98 Å². The van der Waals surface area contributed by atoms with Gasteiger partial charge in [0.15, 0.2) is 5.78 Å². The van der Waals surface area contributed by atoms with Crippen LogP contribution in [0.4, 0.5) is 0 Å². The van der Waals surface area contributed by atoms with E-state index in [9.17, 15) is 9.59 Å². The third-order valence-corrected chi connectivity index (χ3v) is 4.90. The maximum Gasteiger partial charge on any atom is 0.270 e. The van der Waals surface area contributed by atoms with Gasteiger partial charge < -0.3 is 9.88 Å². The van der Waals surface area contributed by atoms with Crippen LogP contribution in [0.1, 0.15) is 52.2 Å². The van der Waals surface area contributed by atoms with Gasteiger partial charge in [0.2, 0.25) is 0 Å². The summed E-state index contributed by atoms with van der Waals surface area (Å²) in [5, 5.41) is 0.990. The third-order valence-electron chi connectivity index (χ3n) is 4.16. The van der Waals surface area contributed by atoms with Gasteiger partial charge in [-0.15, -0.1) is 0 Å². The Balaban J connectivity index is 1.86. The van der Waals surface area contributed by atoms with Gasteiger partial charge in [-0.1, -0.05) is 29.3 Å². The van der Waals surface area contributed by atoms with E-state index in [1.807, 2.05) is 17.0 Å². The molecule has 0 radical (unpaired) electrons. The van der Waals surface area contributed by atoms with Crippen LogP contribution in [0.2, 0.25) is 10.0 Å². The van der Waals surface area contributed by atoms with Crippen LogP contribution in [-0.2, 0) is 0 Å². The quantitative estimate of drug-likeness (QED) is 0.828. The van der Waals surface area contributed by atoms with Crippen LogP contribution in [0.3, 0.4) is 0 Å². The lowest BCUT2D eigenvalue weighted by atomic mass is 10.0. The monoisotopic (exact) mass is 350 g/mol. The fraction of sp³-hybridized carbons (Fsp3) is 0.294. The summed E-state index contributed by atoms with van der Waals surface area (Å²) in [6.07, 6.45) is 3.38. The van der Waals surface area contributed by atoms with Crippen LogP contribution >= 0.6 is 23.2 Å². The number of amides is 1. The second-order valence-corrected chi connectivity index (χ2v) is 6.50. The Bertz CT molecular complexity index is 770. The van der Waals surface area contributed by atoms with Crippen molar-refractivity contribution in [3.8, 4) is 0 Å². The number of Topliss-reactive ketones (excluding diaryl/α,β-unsaturated/α-hetero) is 1. The van der Waals surface area contributed by atoms with Crippen molar-refractivity contribution in [1.82, 2.24) is 9.88 Å². The largest absolute Gasteiger partial charge is 0.356 e. The number of H-pyrrole nitrogens is 1. The van der Waals surface area contributed by atoms with Crippen molar-refractivity contribution in [2.75, 3.05) is 6.54 Å². The highest BCUT2D eigenvalue weighted by Gasteiger charge is 2.31. The Morgan fingerprint density at radius 3 is 2.65 bits per heavy atom. The molecular weight excluding hydrogens is 335 g/mol. The van der Waals surface area contributed by atoms with Gasteiger partial charge >= 0.3 is 0 Å². The Labute approximate surface area is 144 Å². The number of aromatic nitrogens is 1. The molecule has 0 spiro atoms. The highest BCUT2D eigenvalue weighted by atomic mass is 35.5. The van der Waals surface area contributed by atoms with E-state index < -0.39 is 0 Å². The minimum Gasteiger partial charge on any atom is -0.356 e. The molecule has 1 amide bonds. The standard InChI is InChI=1S/C17H16Cl2N2O2/c1-10(22)12-8-15(20-9-12)17(23)21-6-2-3-16(21)11-4-5-13(18)14(19)7-11/h4-5,7-9,16,20H,2-3,6H2,1H3. The number of carbonyl (C=O) groups is 2. The molecule has 23 heavy (non-hydrogen) atoms. The van der Waals surface area contributed by atoms with Crippen LogP contribution < -0.4 is 0 Å². The lowest BCUT2D eigenvalue weighted by Crippen LogP contribution is -2.30. The molecule has 0 bridgehead atoms. The van der Waals surface area contributed by atoms with Crippen LogP contribution in [0, 0.1) is 0 Å². The number of halogens is 2. The molecular formula is C17H16Cl2N2O2. The normalized spacial score (nSPS) is 17.5. The van der Waals surface area contributed by atoms with Crippen molar-refractivity contribution in [3.63, 3.8) is 0 Å². The van der Waals surface area contributed by atoms with Gasteiger partial charge in [0.1, 0.15) is 5.69 Å². The summed E-state index contributed by atoms with van der Waals surface area (Å²) < 4.78 is 0. The highest BCUT2D eigenvalue weighted by Crippen LogP contribution is 2.35. The second-order valence-electron chi connectivity index (χ2n) is 5.69. The molecule has 3 rings (SSSR count). The molecule has 1 fully saturated rings. The average molecular weight is 351 g/mol. The van der Waals surface area contributed by atoms with Gasteiger partial charge in [0.05, 0.1) is 16.1 Å². The van der Waals surface area contributed by atoms with Crippen molar-refractivity contribution >= 4 is 34.9 Å². The van der Waals surface area contributed by atoms with Crippen LogP contribution in [0.15, 0.2) is 30.5 Å². The number of hydrogen-bond acceptors (Lipinski definition) is 2. The molecule has 1 aliphatic rings. The van der Waals surface area contributed by atoms with Crippen molar-refractivity contribution in [2.45, 2.75) is 25.8 Å². The van der Waals surface area contributed by atoms with E-state index in [1.165, 1.54) is 6.92 Å². The molecule has 1 aliphatic heterocycles. The molecule has 1 unspecified atom stereocenters. The Kier molecular flexibility index (Phi) is 4.46. The lowest BCUT2D eigenvalue weighted by Gasteiger charge is -2.25. The van der Waals surface area contributed by atoms with Gasteiger partial charge in [-0.3, -0.25) is 9.59 Å². The van der Waals surface area contributed by atoms with Crippen molar-refractivity contribution in [1.29, 1.82) is 0 Å². The molecule has 1 aromatic carbocycles. The van der Waals surface area contributed by atoms with E-state index in [0.29, 0.717) is 27.8 Å². The first-order valence-corrected chi connectivity index (χ1v) is 8.18. The number of hydrogen-bond donors (Lipinski definition) is 1. The molecule has 1 atom stereocenters. The van der Waals surface area contributed by atoms with Gasteiger partial charge in [-0.2, -0.15) is 0 Å². The van der Waals surface area contributed by atoms with Crippen LogP contribution in [0.5, 0.6) is 0 Å². The fourth-order valence-electron chi connectivity index (χ4n) is 2.95. The SMILES string of the molecule is CC(=O)c1c[nH]c(C(=O)N2CCCC2c2ccc(Cl)c(Cl)c2)c1. The maximum absolute atomic E-state index is 12.7.